The number of anilines is 1. The van der Waals surface area contributed by atoms with Gasteiger partial charge in [0.2, 0.25) is 0 Å². The second-order valence-electron chi connectivity index (χ2n) is 7.08. The summed E-state index contributed by atoms with van der Waals surface area (Å²) < 4.78 is 13.4. The Balaban J connectivity index is 1.92. The van der Waals surface area contributed by atoms with E-state index in [1.165, 1.54) is 25.7 Å². The molecule has 1 aromatic carbocycles. The van der Waals surface area contributed by atoms with Crippen LogP contribution in [0.15, 0.2) is 18.2 Å². The smallest absolute Gasteiger partial charge is 0.125 e. The van der Waals surface area contributed by atoms with Gasteiger partial charge in [-0.1, -0.05) is 20.8 Å². The van der Waals surface area contributed by atoms with Crippen molar-refractivity contribution in [3.8, 4) is 0 Å². The van der Waals surface area contributed by atoms with Crippen molar-refractivity contribution in [2.24, 2.45) is 11.3 Å². The number of rotatable bonds is 2. The lowest BCUT2D eigenvalue weighted by Crippen LogP contribution is -2.31. The zero-order chi connectivity index (χ0) is 14.0. The fraction of sp³-hybridized carbons (Fsp3) is 0.647. The fourth-order valence-electron chi connectivity index (χ4n) is 3.16. The van der Waals surface area contributed by atoms with E-state index in [1.54, 1.807) is 12.1 Å². The van der Waals surface area contributed by atoms with Crippen molar-refractivity contribution in [3.63, 3.8) is 0 Å². The van der Waals surface area contributed by atoms with E-state index < -0.39 is 0 Å². The zero-order valence-electron chi connectivity index (χ0n) is 12.6. The molecule has 0 heterocycles. The lowest BCUT2D eigenvalue weighted by molar-refractivity contribution is 0.173. The normalized spacial score (nSPS) is 24.3. The highest BCUT2D eigenvalue weighted by Gasteiger charge is 2.29. The van der Waals surface area contributed by atoms with Crippen molar-refractivity contribution in [3.05, 3.63) is 29.6 Å². The summed E-state index contributed by atoms with van der Waals surface area (Å²) >= 11 is 0. The lowest BCUT2D eigenvalue weighted by Gasteiger charge is -2.37. The first kappa shape index (κ1) is 14.4. The summed E-state index contributed by atoms with van der Waals surface area (Å²) in [5, 5.41) is 3.49. The molecule has 0 saturated heterocycles. The second-order valence-corrected chi connectivity index (χ2v) is 7.08. The molecule has 0 spiro atoms. The molecule has 0 unspecified atom stereocenters. The molecule has 106 valence electrons. The first-order chi connectivity index (χ1) is 8.84. The fourth-order valence-corrected chi connectivity index (χ4v) is 3.16. The highest BCUT2D eigenvalue weighted by Crippen LogP contribution is 2.38. The Morgan fingerprint density at radius 1 is 1.05 bits per heavy atom. The number of halogens is 1. The maximum absolute atomic E-state index is 13.4. The number of benzene rings is 1. The molecule has 0 aromatic heterocycles. The van der Waals surface area contributed by atoms with Crippen molar-refractivity contribution in [1.29, 1.82) is 0 Å². The van der Waals surface area contributed by atoms with Gasteiger partial charge < -0.3 is 5.32 Å². The van der Waals surface area contributed by atoms with Crippen LogP contribution in [0.4, 0.5) is 10.1 Å². The monoisotopic (exact) mass is 263 g/mol. The average Bonchev–Trinajstić information content (AvgIpc) is 2.26. The highest BCUT2D eigenvalue weighted by molar-refractivity contribution is 5.46. The van der Waals surface area contributed by atoms with Crippen LogP contribution in [0.1, 0.15) is 52.0 Å². The second kappa shape index (κ2) is 5.52. The van der Waals surface area contributed by atoms with Gasteiger partial charge in [-0.15, -0.1) is 0 Å². The predicted octanol–water partition coefficient (Wildman–Crippen LogP) is 5.15. The third kappa shape index (κ3) is 3.95. The van der Waals surface area contributed by atoms with Gasteiger partial charge in [0.15, 0.2) is 0 Å². The van der Waals surface area contributed by atoms with Crippen LogP contribution in [0, 0.1) is 24.1 Å². The molecule has 0 bridgehead atoms. The molecular weight excluding hydrogens is 237 g/mol. The Kier molecular flexibility index (Phi) is 4.17. The van der Waals surface area contributed by atoms with Crippen LogP contribution < -0.4 is 5.32 Å². The minimum Gasteiger partial charge on any atom is -0.382 e. The summed E-state index contributed by atoms with van der Waals surface area (Å²) in [4.78, 5) is 0. The van der Waals surface area contributed by atoms with Gasteiger partial charge in [0.25, 0.3) is 0 Å². The number of nitrogens with one attached hydrogen (secondary N) is 1. The predicted molar refractivity (Wildman–Crippen MR) is 80.0 cm³/mol. The van der Waals surface area contributed by atoms with Crippen LogP contribution in [-0.2, 0) is 0 Å². The Bertz CT molecular complexity index is 405. The van der Waals surface area contributed by atoms with Crippen molar-refractivity contribution in [2.45, 2.75) is 59.4 Å². The van der Waals surface area contributed by atoms with Crippen molar-refractivity contribution < 1.29 is 4.39 Å². The molecule has 19 heavy (non-hydrogen) atoms. The summed E-state index contributed by atoms with van der Waals surface area (Å²) in [6, 6.07) is 5.70. The largest absolute Gasteiger partial charge is 0.382 e. The van der Waals surface area contributed by atoms with E-state index in [0.29, 0.717) is 11.5 Å². The molecule has 1 aliphatic rings. The van der Waals surface area contributed by atoms with Gasteiger partial charge in [-0.05, 0) is 67.7 Å². The Hall–Kier alpha value is -1.05. The Morgan fingerprint density at radius 2 is 1.68 bits per heavy atom. The van der Waals surface area contributed by atoms with Crippen LogP contribution in [0.5, 0.6) is 0 Å². The SMILES string of the molecule is Cc1cc(F)cc(NC2CCC(C(C)(C)C)CC2)c1. The number of hydrogen-bond donors (Lipinski definition) is 1. The van der Waals surface area contributed by atoms with Crippen LogP contribution in [0.2, 0.25) is 0 Å². The van der Waals surface area contributed by atoms with Gasteiger partial charge in [-0.3, -0.25) is 0 Å². The van der Waals surface area contributed by atoms with Gasteiger partial charge in [-0.25, -0.2) is 4.39 Å². The number of aryl methyl sites for hydroxylation is 1. The van der Waals surface area contributed by atoms with Crippen LogP contribution in [0.25, 0.3) is 0 Å². The highest BCUT2D eigenvalue weighted by atomic mass is 19.1. The minimum absolute atomic E-state index is 0.147. The van der Waals surface area contributed by atoms with E-state index in [9.17, 15) is 4.39 Å². The van der Waals surface area contributed by atoms with E-state index in [-0.39, 0.29) is 5.82 Å². The molecule has 0 atom stereocenters. The van der Waals surface area contributed by atoms with E-state index in [4.69, 9.17) is 0 Å². The molecule has 2 rings (SSSR count). The van der Waals surface area contributed by atoms with E-state index in [2.05, 4.69) is 26.1 Å². The minimum atomic E-state index is -0.147. The molecule has 1 fully saturated rings. The van der Waals surface area contributed by atoms with Crippen LogP contribution in [0.3, 0.4) is 0 Å². The lowest BCUT2D eigenvalue weighted by atomic mass is 9.71. The van der Waals surface area contributed by atoms with Crippen LogP contribution >= 0.6 is 0 Å². The third-order valence-corrected chi connectivity index (χ3v) is 4.36. The molecule has 0 amide bonds. The van der Waals surface area contributed by atoms with E-state index in [1.807, 2.05) is 13.0 Å². The third-order valence-electron chi connectivity index (χ3n) is 4.36. The molecule has 1 aromatic rings. The van der Waals surface area contributed by atoms with Gasteiger partial charge in [0.05, 0.1) is 0 Å². The quantitative estimate of drug-likeness (QED) is 0.778. The summed E-state index contributed by atoms with van der Waals surface area (Å²) in [6.45, 7) is 8.94. The van der Waals surface area contributed by atoms with Crippen molar-refractivity contribution in [1.82, 2.24) is 0 Å². The Labute approximate surface area is 116 Å². The van der Waals surface area contributed by atoms with E-state index in [0.717, 1.165) is 17.2 Å². The first-order valence-corrected chi connectivity index (χ1v) is 7.38. The molecule has 1 nitrogen and oxygen atoms in total. The average molecular weight is 263 g/mol. The molecule has 2 heteroatoms. The molecule has 1 aliphatic carbocycles. The van der Waals surface area contributed by atoms with Crippen molar-refractivity contribution in [2.75, 3.05) is 5.32 Å². The molecule has 0 aliphatic heterocycles. The van der Waals surface area contributed by atoms with Crippen LogP contribution in [-0.4, -0.2) is 6.04 Å². The van der Waals surface area contributed by atoms with Gasteiger partial charge in [0, 0.05) is 11.7 Å². The van der Waals surface area contributed by atoms with Crippen molar-refractivity contribution >= 4 is 5.69 Å². The summed E-state index contributed by atoms with van der Waals surface area (Å²) in [5.74, 6) is 0.672. The zero-order valence-corrected chi connectivity index (χ0v) is 12.6. The molecule has 0 radical (unpaired) electrons. The standard InChI is InChI=1S/C17H26FN/c1-12-9-14(18)11-16(10-12)19-15-7-5-13(6-8-15)17(2,3)4/h9-11,13,15,19H,5-8H2,1-4H3. The summed E-state index contributed by atoms with van der Waals surface area (Å²) in [5.41, 5.74) is 2.32. The van der Waals surface area contributed by atoms with Gasteiger partial charge in [-0.2, -0.15) is 0 Å². The maximum Gasteiger partial charge on any atom is 0.125 e. The molecule has 1 N–H and O–H groups in total. The molecule has 1 saturated carbocycles. The van der Waals surface area contributed by atoms with E-state index >= 15 is 0 Å². The summed E-state index contributed by atoms with van der Waals surface area (Å²) in [7, 11) is 0. The Morgan fingerprint density at radius 3 is 2.21 bits per heavy atom. The van der Waals surface area contributed by atoms with Gasteiger partial charge in [0.1, 0.15) is 5.82 Å². The molecular formula is C17H26FN. The maximum atomic E-state index is 13.4. The number of hydrogen-bond acceptors (Lipinski definition) is 1. The topological polar surface area (TPSA) is 12.0 Å². The summed E-state index contributed by atoms with van der Waals surface area (Å²) in [6.07, 6.45) is 4.93. The van der Waals surface area contributed by atoms with Gasteiger partial charge >= 0.3 is 0 Å². The first-order valence-electron chi connectivity index (χ1n) is 7.38.